The predicted octanol–water partition coefficient (Wildman–Crippen LogP) is 2.69. The normalized spacial score (nSPS) is 11.9. The van der Waals surface area contributed by atoms with Gasteiger partial charge in [0.2, 0.25) is 0 Å². The first-order valence-corrected chi connectivity index (χ1v) is 6.13. The van der Waals surface area contributed by atoms with E-state index in [-0.39, 0.29) is 6.04 Å². The molecule has 2 rings (SSSR count). The van der Waals surface area contributed by atoms with Crippen LogP contribution in [0.1, 0.15) is 31.4 Å². The summed E-state index contributed by atoms with van der Waals surface area (Å²) in [5.74, 6) is 6.03. The molecule has 3 nitrogen and oxygen atoms in total. The van der Waals surface area contributed by atoms with Gasteiger partial charge in [-0.15, -0.1) is 11.8 Å². The number of nitrogens with zero attached hydrogens (tertiary/aromatic N) is 2. The van der Waals surface area contributed by atoms with Crippen molar-refractivity contribution < 1.29 is 0 Å². The highest BCUT2D eigenvalue weighted by atomic mass is 14.9. The van der Waals surface area contributed by atoms with Gasteiger partial charge in [-0.1, -0.05) is 12.1 Å². The third kappa shape index (κ3) is 2.66. The van der Waals surface area contributed by atoms with Crippen LogP contribution in [0, 0.1) is 11.8 Å². The van der Waals surface area contributed by atoms with E-state index in [0.29, 0.717) is 0 Å². The van der Waals surface area contributed by atoms with Crippen LogP contribution in [0.15, 0.2) is 30.6 Å². The molecule has 0 aliphatic heterocycles. The molecule has 0 radical (unpaired) electrons. The number of benzene rings is 1. The lowest BCUT2D eigenvalue weighted by Crippen LogP contribution is -2.16. The van der Waals surface area contributed by atoms with Gasteiger partial charge in [-0.25, -0.2) is 0 Å². The second-order valence-electron chi connectivity index (χ2n) is 4.08. The third-order valence-electron chi connectivity index (χ3n) is 2.99. The quantitative estimate of drug-likeness (QED) is 0.834. The summed E-state index contributed by atoms with van der Waals surface area (Å²) >= 11 is 0. The summed E-state index contributed by atoms with van der Waals surface area (Å²) in [5, 5.41) is 3.33. The Labute approximate surface area is 108 Å². The minimum atomic E-state index is 0.270. The number of aromatic nitrogens is 2. The first kappa shape index (κ1) is 12.5. The highest BCUT2D eigenvalue weighted by molar-refractivity contribution is 5.78. The first-order chi connectivity index (χ1) is 8.86. The monoisotopic (exact) mass is 239 g/mol. The van der Waals surface area contributed by atoms with Gasteiger partial charge in [0.1, 0.15) is 0 Å². The molecule has 2 aromatic rings. The molecule has 1 unspecified atom stereocenters. The van der Waals surface area contributed by atoms with Crippen LogP contribution in [-0.4, -0.2) is 17.0 Å². The Kier molecular flexibility index (Phi) is 4.27. The van der Waals surface area contributed by atoms with Gasteiger partial charge in [-0.3, -0.25) is 9.97 Å². The minimum Gasteiger partial charge on any atom is -0.313 e. The van der Waals surface area contributed by atoms with Crippen molar-refractivity contribution in [3.8, 4) is 11.8 Å². The number of para-hydroxylation sites is 1. The summed E-state index contributed by atoms with van der Waals surface area (Å²) in [5.41, 5.74) is 3.11. The Bertz CT molecular complexity index is 576. The van der Waals surface area contributed by atoms with E-state index in [2.05, 4.69) is 33.2 Å². The average molecular weight is 239 g/mol. The standard InChI is InChI=1S/C15H17N3/c1-3-4-5-8-13(16-2)12-7-6-9-14-15(12)18-11-10-17-14/h6-7,9-11,13,16H,5,8H2,1-2H3. The highest BCUT2D eigenvalue weighted by Crippen LogP contribution is 2.24. The molecule has 1 heterocycles. The summed E-state index contributed by atoms with van der Waals surface area (Å²) in [6.45, 7) is 1.87. The largest absolute Gasteiger partial charge is 0.313 e. The minimum absolute atomic E-state index is 0.270. The zero-order valence-corrected chi connectivity index (χ0v) is 10.8. The second-order valence-corrected chi connectivity index (χ2v) is 4.08. The Morgan fingerprint density at radius 2 is 2.11 bits per heavy atom. The lowest BCUT2D eigenvalue weighted by Gasteiger charge is -2.16. The molecule has 0 saturated heterocycles. The van der Waals surface area contributed by atoms with Crippen LogP contribution >= 0.6 is 0 Å². The van der Waals surface area contributed by atoms with Crippen LogP contribution in [0.2, 0.25) is 0 Å². The van der Waals surface area contributed by atoms with Gasteiger partial charge in [-0.05, 0) is 32.0 Å². The van der Waals surface area contributed by atoms with E-state index in [0.717, 1.165) is 23.9 Å². The van der Waals surface area contributed by atoms with Crippen LogP contribution < -0.4 is 5.32 Å². The Balaban J connectivity index is 2.34. The van der Waals surface area contributed by atoms with Crippen molar-refractivity contribution in [1.29, 1.82) is 0 Å². The van der Waals surface area contributed by atoms with E-state index in [1.165, 1.54) is 5.56 Å². The SMILES string of the molecule is CC#CCCC(NC)c1cccc2nccnc12. The molecule has 0 aliphatic carbocycles. The van der Waals surface area contributed by atoms with Crippen molar-refractivity contribution in [2.24, 2.45) is 0 Å². The summed E-state index contributed by atoms with van der Waals surface area (Å²) in [6, 6.07) is 6.40. The van der Waals surface area contributed by atoms with Crippen molar-refractivity contribution in [2.75, 3.05) is 7.05 Å². The fraction of sp³-hybridized carbons (Fsp3) is 0.333. The zero-order chi connectivity index (χ0) is 12.8. The summed E-state index contributed by atoms with van der Waals surface area (Å²) < 4.78 is 0. The van der Waals surface area contributed by atoms with Crippen molar-refractivity contribution in [3.05, 3.63) is 36.2 Å². The Hall–Kier alpha value is -1.92. The molecule has 3 heteroatoms. The van der Waals surface area contributed by atoms with E-state index in [1.54, 1.807) is 12.4 Å². The molecule has 0 fully saturated rings. The Morgan fingerprint density at radius 3 is 2.89 bits per heavy atom. The van der Waals surface area contributed by atoms with Crippen LogP contribution in [0.3, 0.4) is 0 Å². The fourth-order valence-corrected chi connectivity index (χ4v) is 2.09. The van der Waals surface area contributed by atoms with Gasteiger partial charge < -0.3 is 5.32 Å². The van der Waals surface area contributed by atoms with E-state index >= 15 is 0 Å². The molecule has 92 valence electrons. The molecular formula is C15H17N3. The van der Waals surface area contributed by atoms with Crippen LogP contribution in [0.5, 0.6) is 0 Å². The van der Waals surface area contributed by atoms with Crippen LogP contribution in [0.25, 0.3) is 11.0 Å². The van der Waals surface area contributed by atoms with Crippen molar-refractivity contribution in [3.63, 3.8) is 0 Å². The molecule has 1 aromatic heterocycles. The molecule has 0 aliphatic rings. The average Bonchev–Trinajstić information content (AvgIpc) is 2.43. The highest BCUT2D eigenvalue weighted by Gasteiger charge is 2.12. The Morgan fingerprint density at radius 1 is 1.28 bits per heavy atom. The van der Waals surface area contributed by atoms with E-state index < -0.39 is 0 Å². The molecular weight excluding hydrogens is 222 g/mol. The zero-order valence-electron chi connectivity index (χ0n) is 10.8. The molecule has 1 N–H and O–H groups in total. The fourth-order valence-electron chi connectivity index (χ4n) is 2.09. The summed E-state index contributed by atoms with van der Waals surface area (Å²) in [6.07, 6.45) is 5.33. The van der Waals surface area contributed by atoms with Crippen LogP contribution in [0.4, 0.5) is 0 Å². The van der Waals surface area contributed by atoms with Crippen molar-refractivity contribution >= 4 is 11.0 Å². The second kappa shape index (κ2) is 6.13. The van der Waals surface area contributed by atoms with E-state index in [4.69, 9.17) is 0 Å². The lowest BCUT2D eigenvalue weighted by molar-refractivity contribution is 0.561. The lowest BCUT2D eigenvalue weighted by atomic mass is 10.0. The molecule has 18 heavy (non-hydrogen) atoms. The molecule has 0 saturated carbocycles. The van der Waals surface area contributed by atoms with E-state index in [1.807, 2.05) is 26.1 Å². The van der Waals surface area contributed by atoms with Gasteiger partial charge >= 0.3 is 0 Å². The summed E-state index contributed by atoms with van der Waals surface area (Å²) in [7, 11) is 1.97. The van der Waals surface area contributed by atoms with Crippen molar-refractivity contribution in [2.45, 2.75) is 25.8 Å². The number of rotatable bonds is 4. The summed E-state index contributed by atoms with van der Waals surface area (Å²) in [4.78, 5) is 8.78. The molecule has 0 bridgehead atoms. The smallest absolute Gasteiger partial charge is 0.0934 e. The van der Waals surface area contributed by atoms with Gasteiger partial charge in [0.25, 0.3) is 0 Å². The predicted molar refractivity (Wildman–Crippen MR) is 74.0 cm³/mol. The van der Waals surface area contributed by atoms with Gasteiger partial charge in [0.15, 0.2) is 0 Å². The van der Waals surface area contributed by atoms with Gasteiger partial charge in [0.05, 0.1) is 11.0 Å². The van der Waals surface area contributed by atoms with Crippen LogP contribution in [-0.2, 0) is 0 Å². The third-order valence-corrected chi connectivity index (χ3v) is 2.99. The molecule has 1 aromatic carbocycles. The van der Waals surface area contributed by atoms with Gasteiger partial charge in [-0.2, -0.15) is 0 Å². The van der Waals surface area contributed by atoms with Crippen molar-refractivity contribution in [1.82, 2.24) is 15.3 Å². The van der Waals surface area contributed by atoms with E-state index in [9.17, 15) is 0 Å². The molecule has 0 spiro atoms. The number of hydrogen-bond acceptors (Lipinski definition) is 3. The number of hydrogen-bond donors (Lipinski definition) is 1. The molecule has 1 atom stereocenters. The maximum absolute atomic E-state index is 4.44. The number of fused-ring (bicyclic) bond motifs is 1. The number of nitrogens with one attached hydrogen (secondary N) is 1. The topological polar surface area (TPSA) is 37.8 Å². The maximum Gasteiger partial charge on any atom is 0.0934 e. The maximum atomic E-state index is 4.44. The molecule has 0 amide bonds. The van der Waals surface area contributed by atoms with Gasteiger partial charge in [0, 0.05) is 24.9 Å². The first-order valence-electron chi connectivity index (χ1n) is 6.13.